The number of amides is 1. The molecule has 5 aromatic rings. The fraction of sp³-hybridized carbons (Fsp3) is 0.143. The lowest BCUT2D eigenvalue weighted by molar-refractivity contribution is 0.0303. The van der Waals surface area contributed by atoms with Crippen LogP contribution in [0.2, 0.25) is 5.02 Å². The second kappa shape index (κ2) is 9.30. The van der Waals surface area contributed by atoms with Crippen molar-refractivity contribution in [1.82, 2.24) is 13.9 Å². The number of hydrogen-bond donors (Lipinski definition) is 0. The summed E-state index contributed by atoms with van der Waals surface area (Å²) < 4.78 is 34.6. The lowest BCUT2D eigenvalue weighted by atomic mass is 10.0. The fourth-order valence-electron chi connectivity index (χ4n) is 4.69. The number of ether oxygens (including phenoxy) is 1. The highest BCUT2D eigenvalue weighted by atomic mass is 35.5. The lowest BCUT2D eigenvalue weighted by Crippen LogP contribution is -2.40. The summed E-state index contributed by atoms with van der Waals surface area (Å²) in [6.45, 7) is 2.01. The molecule has 1 aromatic heterocycles. The Morgan fingerprint density at radius 2 is 1.62 bits per heavy atom. The van der Waals surface area contributed by atoms with Gasteiger partial charge in [0.25, 0.3) is 15.9 Å². The molecule has 1 amide bonds. The van der Waals surface area contributed by atoms with Crippen LogP contribution in [0.3, 0.4) is 0 Å². The van der Waals surface area contributed by atoms with Gasteiger partial charge in [0.1, 0.15) is 0 Å². The Morgan fingerprint density at radius 3 is 2.41 bits per heavy atom. The van der Waals surface area contributed by atoms with Crippen LogP contribution in [0.15, 0.2) is 89.8 Å². The summed E-state index contributed by atoms with van der Waals surface area (Å²) in [5.74, 6) is 0.143. The molecule has 2 heterocycles. The van der Waals surface area contributed by atoms with Crippen LogP contribution in [0.5, 0.6) is 0 Å². The minimum atomic E-state index is -4.06. The number of carbonyl (C=O) groups is 1. The topological polar surface area (TPSA) is 81.5 Å². The van der Waals surface area contributed by atoms with Crippen molar-refractivity contribution >= 4 is 49.3 Å². The summed E-state index contributed by atoms with van der Waals surface area (Å²) in [7, 11) is -4.06. The highest BCUT2D eigenvalue weighted by Gasteiger charge is 2.27. The molecule has 4 aromatic carbocycles. The Labute approximate surface area is 218 Å². The molecule has 0 N–H and O–H groups in total. The third-order valence-corrected chi connectivity index (χ3v) is 8.51. The van der Waals surface area contributed by atoms with Gasteiger partial charge in [0.2, 0.25) is 0 Å². The maximum atomic E-state index is 14.0. The molecule has 0 spiro atoms. The highest BCUT2D eigenvalue weighted by molar-refractivity contribution is 7.90. The molecule has 0 radical (unpaired) electrons. The Bertz CT molecular complexity index is 1750. The molecule has 9 heteroatoms. The van der Waals surface area contributed by atoms with E-state index in [0.29, 0.717) is 53.5 Å². The summed E-state index contributed by atoms with van der Waals surface area (Å²) in [6.07, 6.45) is 0. The zero-order valence-corrected chi connectivity index (χ0v) is 21.2. The third-order valence-electron chi connectivity index (χ3n) is 6.54. The quantitative estimate of drug-likeness (QED) is 0.317. The van der Waals surface area contributed by atoms with E-state index in [4.69, 9.17) is 21.3 Å². The number of nitrogens with zero attached hydrogens (tertiary/aromatic N) is 3. The molecule has 1 aliphatic heterocycles. The van der Waals surface area contributed by atoms with Gasteiger partial charge < -0.3 is 9.64 Å². The standard InChI is InChI=1S/C28H22ClN3O4S/c29-21-9-11-22(12-10-21)37(34,35)32-26-13-8-20(28(33)31-14-16-36-17-15-31)18-25(26)30-27(32)24-7-3-5-19-4-1-2-6-23(19)24/h1-13,18H,14-17H2. The van der Waals surface area contributed by atoms with Crippen LogP contribution >= 0.6 is 11.6 Å². The molecule has 1 saturated heterocycles. The first-order chi connectivity index (χ1) is 17.9. The molecule has 0 atom stereocenters. The minimum Gasteiger partial charge on any atom is -0.378 e. The van der Waals surface area contributed by atoms with Crippen molar-refractivity contribution in [2.75, 3.05) is 26.3 Å². The van der Waals surface area contributed by atoms with Gasteiger partial charge in [-0.1, -0.05) is 54.1 Å². The summed E-state index contributed by atoms with van der Waals surface area (Å²) in [6, 6.07) is 24.5. The van der Waals surface area contributed by atoms with E-state index in [-0.39, 0.29) is 16.6 Å². The van der Waals surface area contributed by atoms with Crippen molar-refractivity contribution in [1.29, 1.82) is 0 Å². The monoisotopic (exact) mass is 531 g/mol. The zero-order chi connectivity index (χ0) is 25.6. The summed E-state index contributed by atoms with van der Waals surface area (Å²) in [4.78, 5) is 19.8. The number of morpholine rings is 1. The van der Waals surface area contributed by atoms with Gasteiger partial charge in [-0.3, -0.25) is 4.79 Å². The average molecular weight is 532 g/mol. The van der Waals surface area contributed by atoms with E-state index in [1.54, 1.807) is 35.2 Å². The number of aromatic nitrogens is 2. The largest absolute Gasteiger partial charge is 0.378 e. The van der Waals surface area contributed by atoms with Crippen LogP contribution in [-0.2, 0) is 14.8 Å². The Balaban J connectivity index is 1.59. The molecular formula is C28H22ClN3O4S. The zero-order valence-electron chi connectivity index (χ0n) is 19.7. The van der Waals surface area contributed by atoms with Gasteiger partial charge in [-0.25, -0.2) is 17.4 Å². The predicted octanol–water partition coefficient (Wildman–Crippen LogP) is 5.22. The van der Waals surface area contributed by atoms with Crippen molar-refractivity contribution in [2.24, 2.45) is 0 Å². The second-order valence-corrected chi connectivity index (χ2v) is 11.0. The first-order valence-electron chi connectivity index (χ1n) is 11.8. The van der Waals surface area contributed by atoms with Crippen LogP contribution in [0, 0.1) is 0 Å². The van der Waals surface area contributed by atoms with Crippen LogP contribution in [0.4, 0.5) is 0 Å². The number of imidazole rings is 1. The van der Waals surface area contributed by atoms with Gasteiger partial charge in [-0.2, -0.15) is 0 Å². The first kappa shape index (κ1) is 23.7. The van der Waals surface area contributed by atoms with E-state index in [1.165, 1.54) is 16.1 Å². The van der Waals surface area contributed by atoms with Crippen molar-refractivity contribution < 1.29 is 17.9 Å². The number of carbonyl (C=O) groups excluding carboxylic acids is 1. The molecule has 186 valence electrons. The van der Waals surface area contributed by atoms with Gasteiger partial charge in [0, 0.05) is 29.2 Å². The van der Waals surface area contributed by atoms with Crippen molar-refractivity contribution in [2.45, 2.75) is 4.90 Å². The summed E-state index contributed by atoms with van der Waals surface area (Å²) >= 11 is 6.03. The maximum Gasteiger partial charge on any atom is 0.269 e. The number of benzene rings is 4. The number of rotatable bonds is 4. The first-order valence-corrected chi connectivity index (χ1v) is 13.6. The highest BCUT2D eigenvalue weighted by Crippen LogP contribution is 2.34. The van der Waals surface area contributed by atoms with Gasteiger partial charge in [0.15, 0.2) is 5.82 Å². The van der Waals surface area contributed by atoms with Crippen LogP contribution in [0.25, 0.3) is 33.2 Å². The van der Waals surface area contributed by atoms with Gasteiger partial charge in [0.05, 0.1) is 29.1 Å². The smallest absolute Gasteiger partial charge is 0.269 e. The molecule has 0 aliphatic carbocycles. The summed E-state index contributed by atoms with van der Waals surface area (Å²) in [5.41, 5.74) is 1.93. The van der Waals surface area contributed by atoms with E-state index in [9.17, 15) is 13.2 Å². The molecule has 0 unspecified atom stereocenters. The van der Waals surface area contributed by atoms with Crippen molar-refractivity contribution in [3.05, 3.63) is 95.5 Å². The second-order valence-electron chi connectivity index (χ2n) is 8.79. The number of fused-ring (bicyclic) bond motifs is 2. The van der Waals surface area contributed by atoms with Crippen LogP contribution < -0.4 is 0 Å². The normalized spacial score (nSPS) is 14.4. The molecule has 6 rings (SSSR count). The summed E-state index contributed by atoms with van der Waals surface area (Å²) in [5, 5.41) is 2.28. The van der Waals surface area contributed by atoms with E-state index >= 15 is 0 Å². The molecule has 1 aliphatic rings. The number of hydrogen-bond acceptors (Lipinski definition) is 5. The van der Waals surface area contributed by atoms with E-state index < -0.39 is 10.0 Å². The van der Waals surface area contributed by atoms with Gasteiger partial charge in [-0.15, -0.1) is 0 Å². The molecule has 0 bridgehead atoms. The molecule has 7 nitrogen and oxygen atoms in total. The van der Waals surface area contributed by atoms with Crippen molar-refractivity contribution in [3.63, 3.8) is 0 Å². The molecule has 1 fully saturated rings. The molecule has 37 heavy (non-hydrogen) atoms. The Hall–Kier alpha value is -3.72. The lowest BCUT2D eigenvalue weighted by Gasteiger charge is -2.26. The fourth-order valence-corrected chi connectivity index (χ4v) is 6.28. The maximum absolute atomic E-state index is 14.0. The molecule has 0 saturated carbocycles. The van der Waals surface area contributed by atoms with E-state index in [2.05, 4.69) is 0 Å². The number of halogens is 1. The van der Waals surface area contributed by atoms with E-state index in [1.807, 2.05) is 42.5 Å². The minimum absolute atomic E-state index is 0.0890. The average Bonchev–Trinajstić information content (AvgIpc) is 3.32. The van der Waals surface area contributed by atoms with Crippen LogP contribution in [0.1, 0.15) is 10.4 Å². The third kappa shape index (κ3) is 4.17. The van der Waals surface area contributed by atoms with Gasteiger partial charge in [-0.05, 0) is 53.2 Å². The Kier molecular flexibility index (Phi) is 5.95. The van der Waals surface area contributed by atoms with Gasteiger partial charge >= 0.3 is 0 Å². The SMILES string of the molecule is O=C(c1ccc2c(c1)nc(-c1cccc3ccccc13)n2S(=O)(=O)c1ccc(Cl)cc1)N1CCOCC1. The van der Waals surface area contributed by atoms with Crippen LogP contribution in [-0.4, -0.2) is 54.5 Å². The van der Waals surface area contributed by atoms with Crippen molar-refractivity contribution in [3.8, 4) is 11.4 Å². The molecular weight excluding hydrogens is 510 g/mol. The Morgan fingerprint density at radius 1 is 0.892 bits per heavy atom. The van der Waals surface area contributed by atoms with E-state index in [0.717, 1.165) is 10.8 Å². The predicted molar refractivity (Wildman–Crippen MR) is 143 cm³/mol.